The van der Waals surface area contributed by atoms with Gasteiger partial charge in [-0.25, -0.2) is 0 Å². The summed E-state index contributed by atoms with van der Waals surface area (Å²) in [7, 11) is 0. The lowest BCUT2D eigenvalue weighted by atomic mass is 9.72. The molecule has 2 aliphatic heterocycles. The van der Waals surface area contributed by atoms with Crippen LogP contribution < -0.4 is 0 Å². The van der Waals surface area contributed by atoms with E-state index in [0.29, 0.717) is 10.6 Å². The molecule has 108 valence electrons. The van der Waals surface area contributed by atoms with Gasteiger partial charge in [0.25, 0.3) is 5.91 Å². The van der Waals surface area contributed by atoms with Crippen LogP contribution in [-0.4, -0.2) is 39.6 Å². The second kappa shape index (κ2) is 5.01. The fraction of sp³-hybridized carbons (Fsp3) is 0.600. The molecule has 0 aliphatic carbocycles. The Morgan fingerprint density at radius 2 is 2.40 bits per heavy atom. The van der Waals surface area contributed by atoms with Crippen molar-refractivity contribution >= 4 is 17.5 Å². The van der Waals surface area contributed by atoms with Crippen LogP contribution in [0.15, 0.2) is 18.5 Å². The molecular formula is C15H19ClN2O2. The highest BCUT2D eigenvalue weighted by Gasteiger charge is 2.56. The second-order valence-corrected chi connectivity index (χ2v) is 6.30. The highest BCUT2D eigenvalue weighted by atomic mass is 35.5. The van der Waals surface area contributed by atoms with Crippen LogP contribution in [0.4, 0.5) is 0 Å². The quantitative estimate of drug-likeness (QED) is 0.932. The number of aromatic nitrogens is 1. The number of aliphatic hydroxyl groups excluding tert-OH is 1. The molecule has 5 heteroatoms. The fourth-order valence-electron chi connectivity index (χ4n) is 3.95. The van der Waals surface area contributed by atoms with Gasteiger partial charge < -0.3 is 10.0 Å². The van der Waals surface area contributed by atoms with Crippen LogP contribution in [0.3, 0.4) is 0 Å². The first kappa shape index (κ1) is 13.8. The maximum atomic E-state index is 12.8. The second-order valence-electron chi connectivity index (χ2n) is 5.89. The zero-order chi connectivity index (χ0) is 14.3. The van der Waals surface area contributed by atoms with E-state index in [1.165, 1.54) is 6.20 Å². The average molecular weight is 295 g/mol. The molecule has 20 heavy (non-hydrogen) atoms. The Kier molecular flexibility index (Phi) is 3.46. The first-order chi connectivity index (χ1) is 9.63. The number of carbonyl (C=O) groups excluding carboxylic acids is 1. The molecule has 1 N–H and O–H groups in total. The van der Waals surface area contributed by atoms with Gasteiger partial charge >= 0.3 is 0 Å². The largest absolute Gasteiger partial charge is 0.396 e. The van der Waals surface area contributed by atoms with Gasteiger partial charge in [0, 0.05) is 29.9 Å². The van der Waals surface area contributed by atoms with Crippen molar-refractivity contribution in [2.24, 2.45) is 5.41 Å². The number of hydrogen-bond acceptors (Lipinski definition) is 3. The molecule has 0 unspecified atom stereocenters. The summed E-state index contributed by atoms with van der Waals surface area (Å²) in [6, 6.07) is 2.05. The number of aliphatic hydroxyl groups is 1. The molecule has 2 saturated heterocycles. The van der Waals surface area contributed by atoms with Crippen molar-refractivity contribution in [3.8, 4) is 0 Å². The molecule has 3 rings (SSSR count). The molecule has 2 bridgehead atoms. The predicted molar refractivity (Wildman–Crippen MR) is 76.7 cm³/mol. The molecule has 1 amide bonds. The van der Waals surface area contributed by atoms with E-state index in [1.54, 1.807) is 12.3 Å². The van der Waals surface area contributed by atoms with Gasteiger partial charge in [-0.2, -0.15) is 0 Å². The summed E-state index contributed by atoms with van der Waals surface area (Å²) < 4.78 is 0. The van der Waals surface area contributed by atoms with Gasteiger partial charge in [0.2, 0.25) is 0 Å². The Bertz CT molecular complexity index is 530. The van der Waals surface area contributed by atoms with Gasteiger partial charge in [-0.1, -0.05) is 18.5 Å². The van der Waals surface area contributed by atoms with Gasteiger partial charge in [0.05, 0.1) is 17.2 Å². The highest BCUT2D eigenvalue weighted by molar-refractivity contribution is 6.33. The molecule has 0 spiro atoms. The number of rotatable bonds is 3. The minimum absolute atomic E-state index is 0.0197. The molecule has 1 aromatic heterocycles. The molecule has 2 fully saturated rings. The Balaban J connectivity index is 1.93. The zero-order valence-electron chi connectivity index (χ0n) is 11.6. The van der Waals surface area contributed by atoms with Gasteiger partial charge in [0.15, 0.2) is 0 Å². The minimum Gasteiger partial charge on any atom is -0.396 e. The highest BCUT2D eigenvalue weighted by Crippen LogP contribution is 2.51. The van der Waals surface area contributed by atoms with E-state index in [4.69, 9.17) is 11.6 Å². The minimum atomic E-state index is -0.127. The van der Waals surface area contributed by atoms with Crippen LogP contribution in [0.25, 0.3) is 0 Å². The Morgan fingerprint density at radius 1 is 1.60 bits per heavy atom. The van der Waals surface area contributed by atoms with Crippen molar-refractivity contribution in [2.75, 3.05) is 6.61 Å². The number of pyridine rings is 1. The maximum absolute atomic E-state index is 12.8. The number of fused-ring (bicyclic) bond motifs is 2. The van der Waals surface area contributed by atoms with E-state index >= 15 is 0 Å². The van der Waals surface area contributed by atoms with Gasteiger partial charge in [-0.3, -0.25) is 9.78 Å². The van der Waals surface area contributed by atoms with E-state index in [9.17, 15) is 9.90 Å². The Labute approximate surface area is 123 Å². The number of carbonyl (C=O) groups is 1. The molecule has 2 aliphatic rings. The predicted octanol–water partition coefficient (Wildman–Crippen LogP) is 2.50. The van der Waals surface area contributed by atoms with E-state index in [2.05, 4.69) is 11.9 Å². The van der Waals surface area contributed by atoms with Crippen molar-refractivity contribution < 1.29 is 9.90 Å². The molecular weight excluding hydrogens is 276 g/mol. The van der Waals surface area contributed by atoms with E-state index in [0.717, 1.165) is 25.7 Å². The van der Waals surface area contributed by atoms with Gasteiger partial charge in [-0.05, 0) is 31.7 Å². The lowest BCUT2D eigenvalue weighted by Gasteiger charge is -2.34. The molecule has 3 atom stereocenters. The third-order valence-corrected chi connectivity index (χ3v) is 5.41. The third-order valence-electron chi connectivity index (χ3n) is 5.11. The number of halogens is 1. The summed E-state index contributed by atoms with van der Waals surface area (Å²) in [5, 5.41) is 10.2. The van der Waals surface area contributed by atoms with Crippen molar-refractivity contribution in [1.29, 1.82) is 0 Å². The van der Waals surface area contributed by atoms with Crippen LogP contribution in [0.5, 0.6) is 0 Å². The average Bonchev–Trinajstić information content (AvgIpc) is 3.02. The maximum Gasteiger partial charge on any atom is 0.256 e. The SMILES string of the molecule is CC[C@@]1(CO)C[C@@H]2CC[C@H]1N2C(=O)c1ccncc1Cl. The zero-order valence-corrected chi connectivity index (χ0v) is 12.3. The normalized spacial score (nSPS) is 31.9. The number of hydrogen-bond donors (Lipinski definition) is 1. The summed E-state index contributed by atoms with van der Waals surface area (Å²) in [4.78, 5) is 18.7. The van der Waals surface area contributed by atoms with Gasteiger partial charge in [0.1, 0.15) is 0 Å². The molecule has 0 radical (unpaired) electrons. The summed E-state index contributed by atoms with van der Waals surface area (Å²) >= 11 is 6.09. The van der Waals surface area contributed by atoms with Crippen molar-refractivity contribution in [3.05, 3.63) is 29.0 Å². The molecule has 1 aromatic rings. The van der Waals surface area contributed by atoms with E-state index in [1.807, 2.05) is 4.90 Å². The van der Waals surface area contributed by atoms with Crippen LogP contribution in [-0.2, 0) is 0 Å². The summed E-state index contributed by atoms with van der Waals surface area (Å²) in [6.07, 6.45) is 6.91. The molecule has 0 aromatic carbocycles. The van der Waals surface area contributed by atoms with Crippen molar-refractivity contribution in [3.63, 3.8) is 0 Å². The van der Waals surface area contributed by atoms with Crippen LogP contribution in [0.1, 0.15) is 43.0 Å². The van der Waals surface area contributed by atoms with E-state index in [-0.39, 0.29) is 30.0 Å². The third kappa shape index (κ3) is 1.85. The Hall–Kier alpha value is -1.13. The number of nitrogens with zero attached hydrogens (tertiary/aromatic N) is 2. The molecule has 0 saturated carbocycles. The monoisotopic (exact) mass is 294 g/mol. The summed E-state index contributed by atoms with van der Waals surface area (Å²) in [5.41, 5.74) is 0.390. The smallest absolute Gasteiger partial charge is 0.256 e. The first-order valence-electron chi connectivity index (χ1n) is 7.16. The van der Waals surface area contributed by atoms with Crippen molar-refractivity contribution in [2.45, 2.75) is 44.7 Å². The van der Waals surface area contributed by atoms with Crippen LogP contribution in [0.2, 0.25) is 5.02 Å². The first-order valence-corrected chi connectivity index (χ1v) is 7.54. The van der Waals surface area contributed by atoms with Crippen LogP contribution in [0, 0.1) is 5.41 Å². The van der Waals surface area contributed by atoms with Crippen LogP contribution >= 0.6 is 11.6 Å². The summed E-state index contributed by atoms with van der Waals surface area (Å²) in [6.45, 7) is 2.25. The van der Waals surface area contributed by atoms with Gasteiger partial charge in [-0.15, -0.1) is 0 Å². The summed E-state index contributed by atoms with van der Waals surface area (Å²) in [5.74, 6) is -0.0197. The lowest BCUT2D eigenvalue weighted by Crippen LogP contribution is -2.42. The lowest BCUT2D eigenvalue weighted by molar-refractivity contribution is 0.0557. The van der Waals surface area contributed by atoms with E-state index < -0.39 is 0 Å². The fourth-order valence-corrected chi connectivity index (χ4v) is 4.15. The van der Waals surface area contributed by atoms with Crippen molar-refractivity contribution in [1.82, 2.24) is 9.88 Å². The Morgan fingerprint density at radius 3 is 3.00 bits per heavy atom. The standard InChI is InChI=1S/C15H19ClN2O2/c1-2-15(9-19)7-10-3-4-13(15)18(10)14(20)11-5-6-17-8-12(11)16/h5-6,8,10,13,19H,2-4,7,9H2,1H3/t10-,13+,15-/m0/s1. The topological polar surface area (TPSA) is 53.4 Å². The number of amides is 1. The molecule has 4 nitrogen and oxygen atoms in total. The molecule has 3 heterocycles.